The van der Waals surface area contributed by atoms with Crippen molar-refractivity contribution in [2.24, 2.45) is 0 Å². The van der Waals surface area contributed by atoms with Crippen LogP contribution < -0.4 is 5.32 Å². The summed E-state index contributed by atoms with van der Waals surface area (Å²) < 4.78 is 5.91. The molecule has 48 heavy (non-hydrogen) atoms. The van der Waals surface area contributed by atoms with Crippen LogP contribution in [0.4, 0.5) is 0 Å². The first kappa shape index (κ1) is 45.6. The third-order valence-corrected chi connectivity index (χ3v) is 8.81. The Kier molecular flexibility index (Phi) is 35.6. The van der Waals surface area contributed by atoms with Crippen LogP contribution in [0.5, 0.6) is 0 Å². The number of nitrogens with one attached hydrogen (secondary N) is 1. The smallest absolute Gasteiger partial charge is 0.322 e. The molecule has 1 atom stereocenters. The topological polar surface area (TPSA) is 92.7 Å². The number of hydrogen-bond acceptors (Lipinski definition) is 4. The van der Waals surface area contributed by atoms with E-state index >= 15 is 0 Å². The normalized spacial score (nSPS) is 12.4. The largest absolute Gasteiger partial charge is 0.480 e. The molecule has 2 N–H and O–H groups in total. The Labute approximate surface area is 296 Å². The zero-order valence-electron chi connectivity index (χ0n) is 31.3. The van der Waals surface area contributed by atoms with E-state index in [9.17, 15) is 14.4 Å². The van der Waals surface area contributed by atoms with Gasteiger partial charge in [-0.3, -0.25) is 14.4 Å². The predicted molar refractivity (Wildman–Crippen MR) is 203 cm³/mol. The Morgan fingerprint density at radius 1 is 0.542 bits per heavy atom. The molecule has 278 valence electrons. The third-order valence-electron chi connectivity index (χ3n) is 8.81. The number of allylic oxidation sites excluding steroid dienone is 6. The number of carboxylic acids is 1. The van der Waals surface area contributed by atoms with Crippen molar-refractivity contribution in [2.75, 3.05) is 6.54 Å². The maximum atomic E-state index is 12.6. The van der Waals surface area contributed by atoms with E-state index in [0.717, 1.165) is 70.6 Å². The lowest BCUT2D eigenvalue weighted by Gasteiger charge is -2.18. The van der Waals surface area contributed by atoms with Gasteiger partial charge in [0, 0.05) is 12.8 Å². The number of ether oxygens (including phenoxy) is 1. The van der Waals surface area contributed by atoms with E-state index in [-0.39, 0.29) is 24.5 Å². The van der Waals surface area contributed by atoms with Gasteiger partial charge in [0.1, 0.15) is 12.6 Å². The number of hydrogen-bond donors (Lipinski definition) is 2. The van der Waals surface area contributed by atoms with Crippen molar-refractivity contribution in [3.63, 3.8) is 0 Å². The molecule has 0 aliphatic rings. The first-order valence-corrected chi connectivity index (χ1v) is 20.1. The van der Waals surface area contributed by atoms with Crippen molar-refractivity contribution in [1.82, 2.24) is 5.32 Å². The molecule has 0 saturated heterocycles. The molecule has 0 aromatic carbocycles. The second-order valence-corrected chi connectivity index (χ2v) is 13.5. The number of aliphatic carboxylic acids is 1. The fraction of sp³-hybridized carbons (Fsp3) is 0.786. The Balaban J connectivity index is 3.80. The zero-order valence-corrected chi connectivity index (χ0v) is 31.3. The standard InChI is InChI=1S/C42H75NO5/c1-3-5-7-9-10-11-12-13-14-15-16-17-18-19-20-21-22-23-24-25-26-27-33-37-42(47)48-39(34-30-8-6-4-2)35-31-28-29-32-36-40(44)43-38-41(45)46/h12-13,15-16,18-19,39H,3-11,14,17,20-38H2,1-2H3,(H,43,44)(H,45,46)/b13-12-,16-15-,19-18-. The van der Waals surface area contributed by atoms with Crippen molar-refractivity contribution in [3.05, 3.63) is 36.5 Å². The van der Waals surface area contributed by atoms with Crippen LogP contribution >= 0.6 is 0 Å². The van der Waals surface area contributed by atoms with Crippen molar-refractivity contribution >= 4 is 17.8 Å². The van der Waals surface area contributed by atoms with E-state index in [1.54, 1.807) is 0 Å². The quantitative estimate of drug-likeness (QED) is 0.0392. The van der Waals surface area contributed by atoms with Gasteiger partial charge in [-0.15, -0.1) is 0 Å². The molecule has 0 aliphatic carbocycles. The van der Waals surface area contributed by atoms with Crippen molar-refractivity contribution in [2.45, 2.75) is 206 Å². The van der Waals surface area contributed by atoms with Crippen LogP contribution in [-0.4, -0.2) is 35.6 Å². The monoisotopic (exact) mass is 674 g/mol. The highest BCUT2D eigenvalue weighted by Gasteiger charge is 2.14. The minimum Gasteiger partial charge on any atom is -0.480 e. The molecule has 6 nitrogen and oxygen atoms in total. The summed E-state index contributed by atoms with van der Waals surface area (Å²) in [7, 11) is 0. The third kappa shape index (κ3) is 36.5. The lowest BCUT2D eigenvalue weighted by Crippen LogP contribution is -2.28. The summed E-state index contributed by atoms with van der Waals surface area (Å²) in [4.78, 5) is 34.7. The summed E-state index contributed by atoms with van der Waals surface area (Å²) in [5.41, 5.74) is 0. The number of unbranched alkanes of at least 4 members (excludes halogenated alkanes) is 19. The highest BCUT2D eigenvalue weighted by Crippen LogP contribution is 2.18. The SMILES string of the molecule is CCCCCCC/C=C\C/C=C\C/C=C\CCCCCCCCCCC(=O)OC(CCCCCC)CCCCCCC(=O)NCC(=O)O. The Morgan fingerprint density at radius 2 is 0.958 bits per heavy atom. The summed E-state index contributed by atoms with van der Waals surface area (Å²) in [6.45, 7) is 4.15. The fourth-order valence-electron chi connectivity index (χ4n) is 5.82. The van der Waals surface area contributed by atoms with E-state index in [1.165, 1.54) is 103 Å². The van der Waals surface area contributed by atoms with E-state index in [1.807, 2.05) is 0 Å². The summed E-state index contributed by atoms with van der Waals surface area (Å²) >= 11 is 0. The highest BCUT2D eigenvalue weighted by atomic mass is 16.5. The Morgan fingerprint density at radius 3 is 1.48 bits per heavy atom. The molecule has 0 spiro atoms. The molecule has 6 heteroatoms. The molecule has 0 aromatic heterocycles. The van der Waals surface area contributed by atoms with Crippen molar-refractivity contribution in [3.8, 4) is 0 Å². The first-order valence-electron chi connectivity index (χ1n) is 20.1. The minimum atomic E-state index is -1.02. The Bertz CT molecular complexity index is 834. The molecule has 0 radical (unpaired) electrons. The molecule has 0 aromatic rings. The van der Waals surface area contributed by atoms with Gasteiger partial charge in [0.25, 0.3) is 0 Å². The van der Waals surface area contributed by atoms with Crippen LogP contribution in [0.3, 0.4) is 0 Å². The molecular formula is C42H75NO5. The highest BCUT2D eigenvalue weighted by molar-refractivity contribution is 5.80. The number of rotatable bonds is 36. The van der Waals surface area contributed by atoms with Crippen LogP contribution in [0.2, 0.25) is 0 Å². The zero-order chi connectivity index (χ0) is 35.2. The predicted octanol–water partition coefficient (Wildman–Crippen LogP) is 12.1. The van der Waals surface area contributed by atoms with Gasteiger partial charge in [-0.2, -0.15) is 0 Å². The molecule has 0 fully saturated rings. The maximum Gasteiger partial charge on any atom is 0.322 e. The lowest BCUT2D eigenvalue weighted by atomic mass is 10.0. The number of carbonyl (C=O) groups excluding carboxylic acids is 2. The molecule has 0 saturated carbocycles. The molecule has 0 heterocycles. The van der Waals surface area contributed by atoms with Crippen molar-refractivity contribution in [1.29, 1.82) is 0 Å². The summed E-state index contributed by atoms with van der Waals surface area (Å²) in [5.74, 6) is -1.28. The minimum absolute atomic E-state index is 0.00138. The molecule has 0 bridgehead atoms. The summed E-state index contributed by atoms with van der Waals surface area (Å²) in [5, 5.41) is 11.0. The van der Waals surface area contributed by atoms with Gasteiger partial charge in [0.2, 0.25) is 5.91 Å². The first-order chi connectivity index (χ1) is 23.5. The fourth-order valence-corrected chi connectivity index (χ4v) is 5.82. The number of esters is 1. The number of amides is 1. The van der Waals surface area contributed by atoms with E-state index in [2.05, 4.69) is 55.6 Å². The average Bonchev–Trinajstić information content (AvgIpc) is 3.07. The van der Waals surface area contributed by atoms with Gasteiger partial charge in [-0.1, -0.05) is 147 Å². The van der Waals surface area contributed by atoms with Gasteiger partial charge < -0.3 is 15.2 Å². The maximum absolute atomic E-state index is 12.6. The van der Waals surface area contributed by atoms with Crippen LogP contribution in [-0.2, 0) is 19.1 Å². The summed E-state index contributed by atoms with van der Waals surface area (Å²) in [6, 6.07) is 0. The van der Waals surface area contributed by atoms with E-state index < -0.39 is 5.97 Å². The second kappa shape index (κ2) is 37.4. The van der Waals surface area contributed by atoms with Crippen LogP contribution in [0, 0.1) is 0 Å². The van der Waals surface area contributed by atoms with Crippen molar-refractivity contribution < 1.29 is 24.2 Å². The molecule has 1 amide bonds. The van der Waals surface area contributed by atoms with Crippen LogP contribution in [0.1, 0.15) is 200 Å². The Hall–Kier alpha value is -2.37. The van der Waals surface area contributed by atoms with E-state index in [0.29, 0.717) is 12.8 Å². The number of carboxylic acid groups (broad SMARTS) is 1. The van der Waals surface area contributed by atoms with Crippen LogP contribution in [0.25, 0.3) is 0 Å². The van der Waals surface area contributed by atoms with Gasteiger partial charge in [0.15, 0.2) is 0 Å². The molecule has 0 aliphatic heterocycles. The second-order valence-electron chi connectivity index (χ2n) is 13.5. The van der Waals surface area contributed by atoms with Gasteiger partial charge in [0.05, 0.1) is 0 Å². The average molecular weight is 674 g/mol. The summed E-state index contributed by atoms with van der Waals surface area (Å²) in [6.07, 6.45) is 45.8. The van der Waals surface area contributed by atoms with Crippen LogP contribution in [0.15, 0.2) is 36.5 Å². The van der Waals surface area contributed by atoms with Gasteiger partial charge >= 0.3 is 11.9 Å². The molecule has 0 rings (SSSR count). The van der Waals surface area contributed by atoms with Gasteiger partial charge in [-0.05, 0) is 77.0 Å². The molecular weight excluding hydrogens is 598 g/mol. The number of carbonyl (C=O) groups is 3. The lowest BCUT2D eigenvalue weighted by molar-refractivity contribution is -0.150. The van der Waals surface area contributed by atoms with E-state index in [4.69, 9.17) is 9.84 Å². The van der Waals surface area contributed by atoms with Gasteiger partial charge in [-0.25, -0.2) is 0 Å². The molecule has 1 unspecified atom stereocenters.